The molecule has 0 aromatic carbocycles. The molecule has 1 aliphatic rings. The Morgan fingerprint density at radius 1 is 1.07 bits per heavy atom. The van der Waals surface area contributed by atoms with Crippen molar-refractivity contribution in [3.63, 3.8) is 0 Å². The van der Waals surface area contributed by atoms with E-state index >= 15 is 0 Å². The SMILES string of the molecule is CC(C)N(CCNc1ccnc(-c2ccc(N3CCOCC3)nc2)n1)C(C)C. The average molecular weight is 385 g/mol. The minimum atomic E-state index is 0.527. The van der Waals surface area contributed by atoms with E-state index in [9.17, 15) is 0 Å². The first kappa shape index (κ1) is 20.5. The van der Waals surface area contributed by atoms with Crippen LogP contribution in [0.3, 0.4) is 0 Å². The molecule has 3 heterocycles. The van der Waals surface area contributed by atoms with Crippen molar-refractivity contribution in [3.05, 3.63) is 30.6 Å². The van der Waals surface area contributed by atoms with E-state index in [-0.39, 0.29) is 0 Å². The second kappa shape index (κ2) is 9.80. The molecule has 1 N–H and O–H groups in total. The maximum atomic E-state index is 5.40. The van der Waals surface area contributed by atoms with Gasteiger partial charge in [0.2, 0.25) is 0 Å². The highest BCUT2D eigenvalue weighted by Crippen LogP contribution is 2.19. The Bertz CT molecular complexity index is 720. The standard InChI is InChI=1S/C21H32N6O/c1-16(2)27(17(3)4)10-9-22-19-7-8-23-21(25-19)18-5-6-20(24-15-18)26-11-13-28-14-12-26/h5-8,15-17H,9-14H2,1-4H3,(H,22,23,25). The van der Waals surface area contributed by atoms with Crippen LogP contribution in [0.1, 0.15) is 27.7 Å². The smallest absolute Gasteiger partial charge is 0.163 e. The molecular weight excluding hydrogens is 352 g/mol. The summed E-state index contributed by atoms with van der Waals surface area (Å²) in [5, 5.41) is 3.42. The Morgan fingerprint density at radius 3 is 2.46 bits per heavy atom. The number of ether oxygens (including phenoxy) is 1. The van der Waals surface area contributed by atoms with Crippen LogP contribution in [0, 0.1) is 0 Å². The summed E-state index contributed by atoms with van der Waals surface area (Å²) in [5.74, 6) is 2.51. The summed E-state index contributed by atoms with van der Waals surface area (Å²) < 4.78 is 5.40. The molecule has 2 aromatic rings. The zero-order valence-corrected chi connectivity index (χ0v) is 17.4. The third-order valence-corrected chi connectivity index (χ3v) is 5.00. The van der Waals surface area contributed by atoms with Gasteiger partial charge in [-0.2, -0.15) is 0 Å². The van der Waals surface area contributed by atoms with Gasteiger partial charge in [-0.1, -0.05) is 0 Å². The lowest BCUT2D eigenvalue weighted by atomic mass is 10.2. The fraction of sp³-hybridized carbons (Fsp3) is 0.571. The molecule has 28 heavy (non-hydrogen) atoms. The summed E-state index contributed by atoms with van der Waals surface area (Å²) in [4.78, 5) is 18.4. The zero-order chi connectivity index (χ0) is 19.9. The van der Waals surface area contributed by atoms with Crippen LogP contribution in [-0.4, -0.2) is 71.3 Å². The maximum absolute atomic E-state index is 5.40. The molecule has 0 unspecified atom stereocenters. The monoisotopic (exact) mass is 384 g/mol. The van der Waals surface area contributed by atoms with Gasteiger partial charge in [0.1, 0.15) is 11.6 Å². The number of aromatic nitrogens is 3. The molecule has 0 atom stereocenters. The molecule has 1 fully saturated rings. The lowest BCUT2D eigenvalue weighted by Crippen LogP contribution is -2.40. The van der Waals surface area contributed by atoms with Gasteiger partial charge in [-0.15, -0.1) is 0 Å². The van der Waals surface area contributed by atoms with Crippen LogP contribution in [0.2, 0.25) is 0 Å². The Hall–Kier alpha value is -2.25. The van der Waals surface area contributed by atoms with Crippen molar-refractivity contribution < 1.29 is 4.74 Å². The van der Waals surface area contributed by atoms with Crippen molar-refractivity contribution in [1.82, 2.24) is 19.9 Å². The van der Waals surface area contributed by atoms with Gasteiger partial charge in [0, 0.05) is 56.2 Å². The van der Waals surface area contributed by atoms with E-state index in [2.05, 4.69) is 57.8 Å². The van der Waals surface area contributed by atoms with Crippen molar-refractivity contribution in [2.45, 2.75) is 39.8 Å². The first-order valence-corrected chi connectivity index (χ1v) is 10.2. The molecular formula is C21H32N6O. The number of nitrogens with one attached hydrogen (secondary N) is 1. The van der Waals surface area contributed by atoms with Gasteiger partial charge in [0.05, 0.1) is 13.2 Å². The second-order valence-electron chi connectivity index (χ2n) is 7.62. The molecule has 0 aliphatic carbocycles. The molecule has 0 amide bonds. The van der Waals surface area contributed by atoms with Gasteiger partial charge < -0.3 is 15.0 Å². The predicted molar refractivity (Wildman–Crippen MR) is 114 cm³/mol. The van der Waals surface area contributed by atoms with Crippen molar-refractivity contribution in [2.24, 2.45) is 0 Å². The molecule has 3 rings (SSSR count). The van der Waals surface area contributed by atoms with Gasteiger partial charge in [-0.05, 0) is 45.9 Å². The first-order chi connectivity index (χ1) is 13.5. The van der Waals surface area contributed by atoms with Crippen LogP contribution in [-0.2, 0) is 4.74 Å². The molecule has 0 bridgehead atoms. The Balaban J connectivity index is 1.61. The Morgan fingerprint density at radius 2 is 1.82 bits per heavy atom. The second-order valence-corrected chi connectivity index (χ2v) is 7.62. The minimum absolute atomic E-state index is 0.527. The van der Waals surface area contributed by atoms with Crippen LogP contribution in [0.15, 0.2) is 30.6 Å². The Labute approximate surface area is 168 Å². The third kappa shape index (κ3) is 5.39. The number of nitrogens with zero attached hydrogens (tertiary/aromatic N) is 5. The van der Waals surface area contributed by atoms with Gasteiger partial charge >= 0.3 is 0 Å². The maximum Gasteiger partial charge on any atom is 0.163 e. The highest BCUT2D eigenvalue weighted by molar-refractivity contribution is 5.58. The van der Waals surface area contributed by atoms with E-state index in [4.69, 9.17) is 4.74 Å². The van der Waals surface area contributed by atoms with Crippen molar-refractivity contribution in [3.8, 4) is 11.4 Å². The number of anilines is 2. The molecule has 0 radical (unpaired) electrons. The average Bonchev–Trinajstić information content (AvgIpc) is 2.71. The van der Waals surface area contributed by atoms with E-state index in [1.807, 2.05) is 24.4 Å². The molecule has 1 aliphatic heterocycles. The molecule has 0 saturated carbocycles. The summed E-state index contributed by atoms with van der Waals surface area (Å²) in [5.41, 5.74) is 0.923. The summed E-state index contributed by atoms with van der Waals surface area (Å²) in [7, 11) is 0. The van der Waals surface area contributed by atoms with E-state index in [0.29, 0.717) is 17.9 Å². The summed E-state index contributed by atoms with van der Waals surface area (Å²) in [6, 6.07) is 7.04. The third-order valence-electron chi connectivity index (χ3n) is 5.00. The molecule has 152 valence electrons. The van der Waals surface area contributed by atoms with Gasteiger partial charge in [-0.3, -0.25) is 4.90 Å². The van der Waals surface area contributed by atoms with E-state index < -0.39 is 0 Å². The number of morpholine rings is 1. The zero-order valence-electron chi connectivity index (χ0n) is 17.4. The van der Waals surface area contributed by atoms with Gasteiger partial charge in [0.15, 0.2) is 5.82 Å². The number of rotatable bonds is 8. The number of pyridine rings is 1. The number of hydrogen-bond acceptors (Lipinski definition) is 7. The summed E-state index contributed by atoms with van der Waals surface area (Å²) in [6.07, 6.45) is 3.65. The van der Waals surface area contributed by atoms with Gasteiger partial charge in [0.25, 0.3) is 0 Å². The lowest BCUT2D eigenvalue weighted by molar-refractivity contribution is 0.122. The van der Waals surface area contributed by atoms with Gasteiger partial charge in [-0.25, -0.2) is 15.0 Å². The van der Waals surface area contributed by atoms with Crippen LogP contribution >= 0.6 is 0 Å². The topological polar surface area (TPSA) is 66.4 Å². The fourth-order valence-electron chi connectivity index (χ4n) is 3.52. The van der Waals surface area contributed by atoms with Crippen LogP contribution in [0.5, 0.6) is 0 Å². The fourth-order valence-corrected chi connectivity index (χ4v) is 3.52. The molecule has 7 nitrogen and oxygen atoms in total. The minimum Gasteiger partial charge on any atom is -0.378 e. The predicted octanol–water partition coefficient (Wildman–Crippen LogP) is 2.91. The highest BCUT2D eigenvalue weighted by Gasteiger charge is 2.14. The lowest BCUT2D eigenvalue weighted by Gasteiger charge is -2.30. The van der Waals surface area contributed by atoms with Crippen molar-refractivity contribution in [1.29, 1.82) is 0 Å². The quantitative estimate of drug-likeness (QED) is 0.750. The molecule has 7 heteroatoms. The first-order valence-electron chi connectivity index (χ1n) is 10.2. The van der Waals surface area contributed by atoms with E-state index in [1.54, 1.807) is 6.20 Å². The summed E-state index contributed by atoms with van der Waals surface area (Å²) >= 11 is 0. The largest absolute Gasteiger partial charge is 0.378 e. The van der Waals surface area contributed by atoms with E-state index in [1.165, 1.54) is 0 Å². The highest BCUT2D eigenvalue weighted by atomic mass is 16.5. The van der Waals surface area contributed by atoms with Crippen LogP contribution < -0.4 is 10.2 Å². The molecule has 2 aromatic heterocycles. The van der Waals surface area contributed by atoms with E-state index in [0.717, 1.165) is 56.6 Å². The van der Waals surface area contributed by atoms with Crippen molar-refractivity contribution in [2.75, 3.05) is 49.6 Å². The summed E-state index contributed by atoms with van der Waals surface area (Å²) in [6.45, 7) is 14.0. The Kier molecular flexibility index (Phi) is 7.17. The molecule has 0 spiro atoms. The number of hydrogen-bond donors (Lipinski definition) is 1. The van der Waals surface area contributed by atoms with Crippen LogP contribution in [0.25, 0.3) is 11.4 Å². The molecule has 1 saturated heterocycles. The van der Waals surface area contributed by atoms with Crippen molar-refractivity contribution >= 4 is 11.6 Å². The normalized spacial score (nSPS) is 14.9. The van der Waals surface area contributed by atoms with Crippen LogP contribution in [0.4, 0.5) is 11.6 Å².